The lowest BCUT2D eigenvalue weighted by Gasteiger charge is -2.15. The Morgan fingerprint density at radius 1 is 1.12 bits per heavy atom. The van der Waals surface area contributed by atoms with Crippen molar-refractivity contribution in [1.29, 1.82) is 0 Å². The first-order chi connectivity index (χ1) is 12.0. The summed E-state index contributed by atoms with van der Waals surface area (Å²) in [4.78, 5) is 12.0. The van der Waals surface area contributed by atoms with Crippen LogP contribution in [0.25, 0.3) is 0 Å². The van der Waals surface area contributed by atoms with Gasteiger partial charge in [0, 0.05) is 12.6 Å². The first-order valence-electron chi connectivity index (χ1n) is 8.00. The van der Waals surface area contributed by atoms with Crippen LogP contribution in [0.4, 0.5) is 0 Å². The minimum atomic E-state index is -0.0461. The van der Waals surface area contributed by atoms with Gasteiger partial charge in [0.05, 0.1) is 25.2 Å². The molecule has 0 heterocycles. The Kier molecular flexibility index (Phi) is 7.28. The third kappa shape index (κ3) is 5.76. The van der Waals surface area contributed by atoms with Crippen LogP contribution in [0.2, 0.25) is 0 Å². The minimum Gasteiger partial charge on any atom is -0.497 e. The Labute approximate surface area is 156 Å². The molecule has 2 aromatic rings. The van der Waals surface area contributed by atoms with E-state index in [0.717, 1.165) is 27.1 Å². The molecular weight excluding hydrogens is 384 g/mol. The summed E-state index contributed by atoms with van der Waals surface area (Å²) in [7, 11) is 3.26. The Morgan fingerprint density at radius 3 is 2.44 bits per heavy atom. The molecule has 1 amide bonds. The van der Waals surface area contributed by atoms with Crippen LogP contribution in [-0.4, -0.2) is 26.7 Å². The fourth-order valence-corrected chi connectivity index (χ4v) is 2.88. The normalized spacial score (nSPS) is 11.7. The second-order valence-electron chi connectivity index (χ2n) is 5.62. The highest BCUT2D eigenvalue weighted by molar-refractivity contribution is 9.10. The number of carbonyl (C=O) groups is 1. The van der Waals surface area contributed by atoms with E-state index in [2.05, 4.69) is 26.6 Å². The average molecular weight is 407 g/mol. The quantitative estimate of drug-likeness (QED) is 0.704. The maximum Gasteiger partial charge on any atom is 0.234 e. The fraction of sp³-hybridized carbons (Fsp3) is 0.316. The van der Waals surface area contributed by atoms with Crippen molar-refractivity contribution in [1.82, 2.24) is 10.6 Å². The number of hydrogen-bond acceptors (Lipinski definition) is 4. The van der Waals surface area contributed by atoms with E-state index in [9.17, 15) is 4.79 Å². The van der Waals surface area contributed by atoms with Crippen molar-refractivity contribution in [2.75, 3.05) is 20.8 Å². The molecule has 0 fully saturated rings. The summed E-state index contributed by atoms with van der Waals surface area (Å²) in [5.41, 5.74) is 2.11. The predicted octanol–water partition coefficient (Wildman–Crippen LogP) is 3.43. The number of carbonyl (C=O) groups excluding carboxylic acids is 1. The van der Waals surface area contributed by atoms with E-state index in [0.29, 0.717) is 6.54 Å². The third-order valence-corrected chi connectivity index (χ3v) is 4.51. The molecule has 2 aromatic carbocycles. The molecule has 0 aliphatic heterocycles. The number of amides is 1. The lowest BCUT2D eigenvalue weighted by atomic mass is 10.1. The lowest BCUT2D eigenvalue weighted by Crippen LogP contribution is -2.34. The zero-order valence-electron chi connectivity index (χ0n) is 14.6. The zero-order chi connectivity index (χ0) is 18.2. The van der Waals surface area contributed by atoms with E-state index >= 15 is 0 Å². The van der Waals surface area contributed by atoms with Crippen molar-refractivity contribution in [2.24, 2.45) is 0 Å². The molecule has 5 nitrogen and oxygen atoms in total. The summed E-state index contributed by atoms with van der Waals surface area (Å²) in [5.74, 6) is 1.54. The van der Waals surface area contributed by atoms with Gasteiger partial charge >= 0.3 is 0 Å². The molecule has 2 N–H and O–H groups in total. The van der Waals surface area contributed by atoms with Crippen molar-refractivity contribution in [3.8, 4) is 11.5 Å². The highest BCUT2D eigenvalue weighted by Gasteiger charge is 2.10. The molecular formula is C19H23BrN2O3. The van der Waals surface area contributed by atoms with Crippen LogP contribution in [0.1, 0.15) is 24.1 Å². The van der Waals surface area contributed by atoms with E-state index in [1.165, 1.54) is 0 Å². The molecule has 6 heteroatoms. The SMILES string of the molecule is COc1ccc(CNC(=O)CNC(C)c2ccc(OC)c(Br)c2)cc1. The summed E-state index contributed by atoms with van der Waals surface area (Å²) < 4.78 is 11.2. The highest BCUT2D eigenvalue weighted by atomic mass is 79.9. The number of halogens is 1. The van der Waals surface area contributed by atoms with Crippen molar-refractivity contribution in [3.05, 3.63) is 58.1 Å². The second-order valence-corrected chi connectivity index (χ2v) is 6.48. The van der Waals surface area contributed by atoms with Gasteiger partial charge in [0.2, 0.25) is 5.91 Å². The number of ether oxygens (including phenoxy) is 2. The van der Waals surface area contributed by atoms with Crippen LogP contribution in [0, 0.1) is 0 Å². The molecule has 134 valence electrons. The van der Waals surface area contributed by atoms with E-state index < -0.39 is 0 Å². The maximum atomic E-state index is 12.0. The highest BCUT2D eigenvalue weighted by Crippen LogP contribution is 2.27. The fourth-order valence-electron chi connectivity index (χ4n) is 2.32. The molecule has 25 heavy (non-hydrogen) atoms. The monoisotopic (exact) mass is 406 g/mol. The zero-order valence-corrected chi connectivity index (χ0v) is 16.2. The number of nitrogens with one attached hydrogen (secondary N) is 2. The molecule has 2 rings (SSSR count). The van der Waals surface area contributed by atoms with Gasteiger partial charge in [-0.25, -0.2) is 0 Å². The molecule has 0 bridgehead atoms. The molecule has 0 aliphatic rings. The smallest absolute Gasteiger partial charge is 0.234 e. The van der Waals surface area contributed by atoms with Crippen LogP contribution in [0.5, 0.6) is 11.5 Å². The van der Waals surface area contributed by atoms with Gasteiger partial charge in [-0.15, -0.1) is 0 Å². The molecule has 0 saturated heterocycles. The Morgan fingerprint density at radius 2 is 1.84 bits per heavy atom. The maximum absolute atomic E-state index is 12.0. The summed E-state index contributed by atoms with van der Waals surface area (Å²) in [5, 5.41) is 6.13. The molecule has 0 spiro atoms. The van der Waals surface area contributed by atoms with E-state index in [-0.39, 0.29) is 18.5 Å². The number of methoxy groups -OCH3 is 2. The van der Waals surface area contributed by atoms with E-state index in [1.54, 1.807) is 14.2 Å². The Balaban J connectivity index is 1.79. The summed E-state index contributed by atoms with van der Waals surface area (Å²) >= 11 is 3.48. The lowest BCUT2D eigenvalue weighted by molar-refractivity contribution is -0.120. The summed E-state index contributed by atoms with van der Waals surface area (Å²) in [6.07, 6.45) is 0. The topological polar surface area (TPSA) is 59.6 Å². The first-order valence-corrected chi connectivity index (χ1v) is 8.79. The van der Waals surface area contributed by atoms with Crippen LogP contribution in [-0.2, 0) is 11.3 Å². The number of benzene rings is 2. The van der Waals surface area contributed by atoms with Crippen LogP contribution in [0.3, 0.4) is 0 Å². The van der Waals surface area contributed by atoms with Gasteiger partial charge in [-0.2, -0.15) is 0 Å². The van der Waals surface area contributed by atoms with E-state index in [1.807, 2.05) is 49.4 Å². The van der Waals surface area contributed by atoms with Crippen molar-refractivity contribution in [2.45, 2.75) is 19.5 Å². The number of hydrogen-bond donors (Lipinski definition) is 2. The van der Waals surface area contributed by atoms with Crippen LogP contribution < -0.4 is 20.1 Å². The van der Waals surface area contributed by atoms with Crippen LogP contribution >= 0.6 is 15.9 Å². The molecule has 1 unspecified atom stereocenters. The van der Waals surface area contributed by atoms with Gasteiger partial charge in [0.1, 0.15) is 11.5 Å². The second kappa shape index (κ2) is 9.44. The predicted molar refractivity (Wildman–Crippen MR) is 102 cm³/mol. The van der Waals surface area contributed by atoms with Gasteiger partial charge in [-0.05, 0) is 58.2 Å². The minimum absolute atomic E-state index is 0.0461. The van der Waals surface area contributed by atoms with Crippen molar-refractivity contribution in [3.63, 3.8) is 0 Å². The van der Waals surface area contributed by atoms with Gasteiger partial charge in [-0.3, -0.25) is 4.79 Å². The van der Waals surface area contributed by atoms with Crippen molar-refractivity contribution >= 4 is 21.8 Å². The largest absolute Gasteiger partial charge is 0.497 e. The molecule has 0 aromatic heterocycles. The van der Waals surface area contributed by atoms with Gasteiger partial charge in [0.15, 0.2) is 0 Å². The van der Waals surface area contributed by atoms with Crippen molar-refractivity contribution < 1.29 is 14.3 Å². The molecule has 0 saturated carbocycles. The summed E-state index contributed by atoms with van der Waals surface area (Å²) in [6.45, 7) is 2.76. The van der Waals surface area contributed by atoms with E-state index in [4.69, 9.17) is 9.47 Å². The molecule has 0 aliphatic carbocycles. The Bertz CT molecular complexity index is 704. The van der Waals surface area contributed by atoms with Gasteiger partial charge in [0.25, 0.3) is 0 Å². The first kappa shape index (κ1) is 19.3. The Hall–Kier alpha value is -2.05. The van der Waals surface area contributed by atoms with Crippen LogP contribution in [0.15, 0.2) is 46.9 Å². The standard InChI is InChI=1S/C19H23BrN2O3/c1-13(15-6-9-18(25-3)17(20)10-15)21-12-19(23)22-11-14-4-7-16(24-2)8-5-14/h4-10,13,21H,11-12H2,1-3H3,(H,22,23). The van der Waals surface area contributed by atoms with Gasteiger partial charge in [-0.1, -0.05) is 18.2 Å². The number of rotatable bonds is 8. The third-order valence-electron chi connectivity index (χ3n) is 3.89. The summed E-state index contributed by atoms with van der Waals surface area (Å²) in [6, 6.07) is 13.6. The van der Waals surface area contributed by atoms with Gasteiger partial charge < -0.3 is 20.1 Å². The molecule has 1 atom stereocenters. The molecule has 0 radical (unpaired) electrons. The average Bonchev–Trinajstić information content (AvgIpc) is 2.64.